The number of nitrogens with zero attached hydrogens (tertiary/aromatic N) is 2. The average Bonchev–Trinajstić information content (AvgIpc) is 3.85. The van der Waals surface area contributed by atoms with E-state index in [1.165, 1.54) is 67.3 Å². The van der Waals surface area contributed by atoms with E-state index in [4.69, 9.17) is 8.83 Å². The lowest BCUT2D eigenvalue weighted by Crippen LogP contribution is -2.13. The molecule has 2 aromatic heterocycles. The summed E-state index contributed by atoms with van der Waals surface area (Å²) in [6.07, 6.45) is 0. The SMILES string of the molecule is Cc1ccc(N(c2ccc3cc4c(cc3c2)oc2c(-c3ccccc3)c3oc5cc6cc(N(c7ccc(C)cc7C)c7ccc(C)cc7C)ccc6cc5c3cc24)c2ccc(C)cc2C)c(C)c1. The number of fused-ring (bicyclic) bond motifs is 8. The third kappa shape index (κ3) is 6.82. The molecule has 0 atom stereocenters. The van der Waals surface area contributed by atoms with E-state index in [9.17, 15) is 0 Å². The Hall–Kier alpha value is -8.08. The summed E-state index contributed by atoms with van der Waals surface area (Å²) in [5.74, 6) is 0. The zero-order chi connectivity index (χ0) is 46.5. The molecule has 0 fully saturated rings. The van der Waals surface area contributed by atoms with Gasteiger partial charge in [0.05, 0.1) is 5.56 Å². The van der Waals surface area contributed by atoms with E-state index in [0.717, 1.165) is 87.9 Å². The largest absolute Gasteiger partial charge is 0.455 e. The van der Waals surface area contributed by atoms with Crippen molar-refractivity contribution in [2.24, 2.45) is 0 Å². The molecule has 0 saturated carbocycles. The highest BCUT2D eigenvalue weighted by Gasteiger charge is 2.24. The Kier molecular flexibility index (Phi) is 9.60. The second kappa shape index (κ2) is 15.8. The first kappa shape index (κ1) is 41.4. The molecular formula is C64H52N2O2. The molecule has 68 heavy (non-hydrogen) atoms. The molecule has 12 rings (SSSR count). The molecule has 0 bridgehead atoms. The maximum absolute atomic E-state index is 7.04. The first-order valence-electron chi connectivity index (χ1n) is 23.6. The fraction of sp³-hybridized carbons (Fsp3) is 0.125. The van der Waals surface area contributed by atoms with E-state index in [0.29, 0.717) is 0 Å². The Balaban J connectivity index is 1.03. The van der Waals surface area contributed by atoms with E-state index in [1.54, 1.807) is 0 Å². The van der Waals surface area contributed by atoms with E-state index in [-0.39, 0.29) is 0 Å². The van der Waals surface area contributed by atoms with Crippen molar-refractivity contribution in [3.8, 4) is 11.1 Å². The Morgan fingerprint density at radius 3 is 1.06 bits per heavy atom. The molecule has 0 aliphatic carbocycles. The summed E-state index contributed by atoms with van der Waals surface area (Å²) in [4.78, 5) is 4.80. The molecule has 0 aliphatic rings. The van der Waals surface area contributed by atoms with Gasteiger partial charge in [-0.2, -0.15) is 0 Å². The van der Waals surface area contributed by atoms with Crippen molar-refractivity contribution in [3.63, 3.8) is 0 Å². The summed E-state index contributed by atoms with van der Waals surface area (Å²) < 4.78 is 14.1. The van der Waals surface area contributed by atoms with Crippen LogP contribution in [-0.4, -0.2) is 0 Å². The molecule has 4 nitrogen and oxygen atoms in total. The molecule has 10 aromatic carbocycles. The molecule has 12 aromatic rings. The van der Waals surface area contributed by atoms with Gasteiger partial charge in [0.25, 0.3) is 0 Å². The van der Waals surface area contributed by atoms with Gasteiger partial charge in [-0.05, 0) is 184 Å². The highest BCUT2D eigenvalue weighted by Crippen LogP contribution is 2.48. The lowest BCUT2D eigenvalue weighted by Gasteiger charge is -2.29. The Morgan fingerprint density at radius 1 is 0.309 bits per heavy atom. The van der Waals surface area contributed by atoms with Crippen molar-refractivity contribution in [2.45, 2.75) is 55.4 Å². The Bertz CT molecular complexity index is 3680. The standard InChI is InChI=1S/C64H52N2O2/c1-37-14-22-56(41(5)26-37)65(57-23-15-38(2)27-42(57)6)50-20-18-46-32-52-54-36-55-53-33-47-19-21-51(66(58-24-16-39(3)28-43(58)7)59-25-17-40(4)29-44(59)8)31-49(47)35-61(53)68-64(55)62(45-12-10-9-11-13-45)63(54)67-60(52)34-48(46)30-50/h9-36H,1-8H3. The molecule has 4 heteroatoms. The van der Waals surface area contributed by atoms with Crippen LogP contribution in [-0.2, 0) is 0 Å². The average molecular weight is 881 g/mol. The summed E-state index contributed by atoms with van der Waals surface area (Å²) in [5, 5.41) is 8.84. The number of hydrogen-bond donors (Lipinski definition) is 0. The summed E-state index contributed by atoms with van der Waals surface area (Å²) in [7, 11) is 0. The normalized spacial score (nSPS) is 11.8. The molecule has 0 saturated heterocycles. The number of hydrogen-bond acceptors (Lipinski definition) is 4. The van der Waals surface area contributed by atoms with Gasteiger partial charge in [0.1, 0.15) is 22.3 Å². The van der Waals surface area contributed by atoms with Crippen LogP contribution in [0.2, 0.25) is 0 Å². The minimum atomic E-state index is 0.824. The number of aryl methyl sites for hydroxylation is 8. The van der Waals surface area contributed by atoms with Crippen molar-refractivity contribution in [3.05, 3.63) is 214 Å². The predicted octanol–water partition coefficient (Wildman–Crippen LogP) is 18.9. The fourth-order valence-corrected chi connectivity index (χ4v) is 10.8. The molecule has 0 amide bonds. The minimum Gasteiger partial charge on any atom is -0.455 e. The second-order valence-electron chi connectivity index (χ2n) is 19.2. The first-order chi connectivity index (χ1) is 32.9. The zero-order valence-electron chi connectivity index (χ0n) is 39.9. The van der Waals surface area contributed by atoms with Crippen molar-refractivity contribution < 1.29 is 8.83 Å². The molecule has 2 heterocycles. The number of rotatable bonds is 7. The highest BCUT2D eigenvalue weighted by atomic mass is 16.3. The van der Waals surface area contributed by atoms with E-state index < -0.39 is 0 Å². The summed E-state index contributed by atoms with van der Waals surface area (Å²) >= 11 is 0. The van der Waals surface area contributed by atoms with Crippen LogP contribution >= 0.6 is 0 Å². The van der Waals surface area contributed by atoms with Crippen molar-refractivity contribution in [2.75, 3.05) is 9.80 Å². The van der Waals surface area contributed by atoms with Gasteiger partial charge >= 0.3 is 0 Å². The highest BCUT2D eigenvalue weighted by molar-refractivity contribution is 6.24. The van der Waals surface area contributed by atoms with Crippen LogP contribution in [0.25, 0.3) is 76.5 Å². The quantitative estimate of drug-likeness (QED) is 0.160. The van der Waals surface area contributed by atoms with Crippen LogP contribution in [0.5, 0.6) is 0 Å². The van der Waals surface area contributed by atoms with Crippen LogP contribution < -0.4 is 9.80 Å². The first-order valence-corrected chi connectivity index (χ1v) is 23.6. The maximum atomic E-state index is 7.04. The van der Waals surface area contributed by atoms with Crippen molar-refractivity contribution >= 4 is 99.5 Å². The zero-order valence-corrected chi connectivity index (χ0v) is 39.9. The molecule has 330 valence electrons. The van der Waals surface area contributed by atoms with Crippen molar-refractivity contribution in [1.29, 1.82) is 0 Å². The van der Waals surface area contributed by atoms with Gasteiger partial charge < -0.3 is 18.6 Å². The lowest BCUT2D eigenvalue weighted by atomic mass is 9.97. The number of anilines is 6. The molecule has 0 aliphatic heterocycles. The third-order valence-electron chi connectivity index (χ3n) is 14.0. The predicted molar refractivity (Wildman–Crippen MR) is 289 cm³/mol. The van der Waals surface area contributed by atoms with E-state index in [1.807, 2.05) is 0 Å². The van der Waals surface area contributed by atoms with Crippen molar-refractivity contribution in [1.82, 2.24) is 0 Å². The van der Waals surface area contributed by atoms with E-state index >= 15 is 0 Å². The Labute approximate surface area is 397 Å². The minimum absolute atomic E-state index is 0.824. The van der Waals surface area contributed by atoms with Crippen LogP contribution in [0.3, 0.4) is 0 Å². The molecular weight excluding hydrogens is 829 g/mol. The molecule has 0 unspecified atom stereocenters. The summed E-state index contributed by atoms with van der Waals surface area (Å²) in [6.45, 7) is 17.4. The number of benzene rings is 10. The number of furan rings is 2. The molecule has 0 spiro atoms. The van der Waals surface area contributed by atoms with E-state index in [2.05, 4.69) is 235 Å². The van der Waals surface area contributed by atoms with Gasteiger partial charge in [0.2, 0.25) is 0 Å². The third-order valence-corrected chi connectivity index (χ3v) is 14.0. The summed E-state index contributed by atoms with van der Waals surface area (Å²) in [6, 6.07) is 62.4. The van der Waals surface area contributed by atoms with Gasteiger partial charge in [-0.15, -0.1) is 0 Å². The van der Waals surface area contributed by atoms with Gasteiger partial charge in [-0.1, -0.05) is 113 Å². The van der Waals surface area contributed by atoms with Crippen LogP contribution in [0, 0.1) is 55.4 Å². The van der Waals surface area contributed by atoms with Gasteiger partial charge in [0.15, 0.2) is 0 Å². The van der Waals surface area contributed by atoms with Crippen LogP contribution in [0.1, 0.15) is 44.5 Å². The van der Waals surface area contributed by atoms with Crippen LogP contribution in [0.4, 0.5) is 34.1 Å². The van der Waals surface area contributed by atoms with Gasteiger partial charge in [-0.25, -0.2) is 0 Å². The van der Waals surface area contributed by atoms with Crippen LogP contribution in [0.15, 0.2) is 179 Å². The Morgan fingerprint density at radius 2 is 0.691 bits per heavy atom. The smallest absolute Gasteiger partial charge is 0.147 e. The molecule has 0 N–H and O–H groups in total. The van der Waals surface area contributed by atoms with Gasteiger partial charge in [-0.3, -0.25) is 0 Å². The fourth-order valence-electron chi connectivity index (χ4n) is 10.8. The topological polar surface area (TPSA) is 32.8 Å². The maximum Gasteiger partial charge on any atom is 0.147 e. The lowest BCUT2D eigenvalue weighted by molar-refractivity contribution is 0.658. The molecule has 0 radical (unpaired) electrons. The van der Waals surface area contributed by atoms with Gasteiger partial charge in [0, 0.05) is 55.7 Å². The summed E-state index contributed by atoms with van der Waals surface area (Å²) in [5.41, 5.74) is 22.1. The monoisotopic (exact) mass is 880 g/mol. The second-order valence-corrected chi connectivity index (χ2v) is 19.2.